The van der Waals surface area contributed by atoms with Crippen LogP contribution in [0, 0.1) is 3.57 Å². The number of aliphatic hydroxyl groups excluding tert-OH is 1. The van der Waals surface area contributed by atoms with Gasteiger partial charge in [0, 0.05) is 17.5 Å². The predicted octanol–water partition coefficient (Wildman–Crippen LogP) is 5.82. The SMILES string of the molecule is CCC[C@H](O)c1oc2ccccc2c1C(=O)c1ccc(OCCN(CC)CC)c(I)c1. The summed E-state index contributed by atoms with van der Waals surface area (Å²) in [5.41, 5.74) is 1.61. The maximum absolute atomic E-state index is 13.5. The Morgan fingerprint density at radius 3 is 2.58 bits per heavy atom. The molecule has 0 aliphatic heterocycles. The number of para-hydroxylation sites is 1. The molecule has 0 aliphatic rings. The first-order chi connectivity index (χ1) is 15.0. The molecule has 2 aromatic carbocycles. The Morgan fingerprint density at radius 1 is 1.16 bits per heavy atom. The van der Waals surface area contributed by atoms with Crippen LogP contribution in [0.1, 0.15) is 61.4 Å². The summed E-state index contributed by atoms with van der Waals surface area (Å²) >= 11 is 2.20. The number of aliphatic hydroxyl groups is 1. The van der Waals surface area contributed by atoms with Crippen molar-refractivity contribution in [3.8, 4) is 5.75 Å². The summed E-state index contributed by atoms with van der Waals surface area (Å²) in [4.78, 5) is 15.8. The highest BCUT2D eigenvalue weighted by Crippen LogP contribution is 2.34. The van der Waals surface area contributed by atoms with Gasteiger partial charge in [-0.1, -0.05) is 45.4 Å². The first-order valence-electron chi connectivity index (χ1n) is 10.9. The van der Waals surface area contributed by atoms with Gasteiger partial charge in [-0.2, -0.15) is 0 Å². The third kappa shape index (κ3) is 5.48. The van der Waals surface area contributed by atoms with Crippen LogP contribution in [0.5, 0.6) is 5.75 Å². The summed E-state index contributed by atoms with van der Waals surface area (Å²) in [6, 6.07) is 12.9. The molecule has 1 atom stereocenters. The normalized spacial score (nSPS) is 12.5. The Labute approximate surface area is 197 Å². The van der Waals surface area contributed by atoms with Crippen LogP contribution in [-0.4, -0.2) is 42.0 Å². The average Bonchev–Trinajstić information content (AvgIpc) is 3.17. The Balaban J connectivity index is 1.87. The van der Waals surface area contributed by atoms with Crippen molar-refractivity contribution in [3.63, 3.8) is 0 Å². The van der Waals surface area contributed by atoms with E-state index in [4.69, 9.17) is 9.15 Å². The maximum atomic E-state index is 13.5. The van der Waals surface area contributed by atoms with E-state index in [-0.39, 0.29) is 5.78 Å². The lowest BCUT2D eigenvalue weighted by Crippen LogP contribution is -2.28. The quantitative estimate of drug-likeness (QED) is 0.248. The molecule has 5 nitrogen and oxygen atoms in total. The Bertz CT molecular complexity index is 1030. The van der Waals surface area contributed by atoms with Gasteiger partial charge < -0.3 is 19.2 Å². The van der Waals surface area contributed by atoms with Gasteiger partial charge in [-0.05, 0) is 66.4 Å². The third-order valence-corrected chi connectivity index (χ3v) is 6.31. The van der Waals surface area contributed by atoms with E-state index in [1.807, 2.05) is 43.3 Å². The number of benzene rings is 2. The molecule has 3 aromatic rings. The second kappa shape index (κ2) is 11.1. The molecule has 0 bridgehead atoms. The van der Waals surface area contributed by atoms with Gasteiger partial charge in [0.2, 0.25) is 0 Å². The van der Waals surface area contributed by atoms with Gasteiger partial charge in [0.15, 0.2) is 5.78 Å². The molecule has 1 heterocycles. The van der Waals surface area contributed by atoms with E-state index in [1.165, 1.54) is 0 Å². The molecule has 3 rings (SSSR count). The van der Waals surface area contributed by atoms with Crippen LogP contribution >= 0.6 is 22.6 Å². The third-order valence-electron chi connectivity index (χ3n) is 5.47. The molecule has 0 saturated carbocycles. The lowest BCUT2D eigenvalue weighted by molar-refractivity contribution is 0.102. The number of carbonyl (C=O) groups excluding carboxylic acids is 1. The van der Waals surface area contributed by atoms with Crippen molar-refractivity contribution >= 4 is 39.3 Å². The van der Waals surface area contributed by atoms with Gasteiger partial charge in [-0.25, -0.2) is 0 Å². The fraction of sp³-hybridized carbons (Fsp3) is 0.400. The Hall–Kier alpha value is -1.90. The number of fused-ring (bicyclic) bond motifs is 1. The van der Waals surface area contributed by atoms with Gasteiger partial charge in [-0.15, -0.1) is 0 Å². The number of ether oxygens (including phenoxy) is 1. The van der Waals surface area contributed by atoms with Gasteiger partial charge in [0.25, 0.3) is 0 Å². The lowest BCUT2D eigenvalue weighted by atomic mass is 9.97. The molecule has 0 unspecified atom stereocenters. The van der Waals surface area contributed by atoms with Crippen LogP contribution in [0.4, 0.5) is 0 Å². The van der Waals surface area contributed by atoms with Crippen molar-refractivity contribution in [2.24, 2.45) is 0 Å². The molecular formula is C25H30INO4. The monoisotopic (exact) mass is 535 g/mol. The smallest absolute Gasteiger partial charge is 0.197 e. The van der Waals surface area contributed by atoms with Gasteiger partial charge >= 0.3 is 0 Å². The number of likely N-dealkylation sites (N-methyl/N-ethyl adjacent to an activating group) is 1. The highest BCUT2D eigenvalue weighted by atomic mass is 127. The van der Waals surface area contributed by atoms with E-state index in [0.29, 0.717) is 35.5 Å². The summed E-state index contributed by atoms with van der Waals surface area (Å²) in [6.07, 6.45) is 0.526. The molecule has 0 aliphatic carbocycles. The minimum Gasteiger partial charge on any atom is -0.491 e. The standard InChI is InChI=1S/C25H30INO4/c1-4-9-20(28)25-23(18-10-7-8-11-21(18)31-25)24(29)17-12-13-22(19(26)16-17)30-15-14-27(5-2)6-3/h7-8,10-13,16,20,28H,4-6,9,14-15H2,1-3H3/t20-/m0/s1. The molecule has 1 aromatic heterocycles. The fourth-order valence-electron chi connectivity index (χ4n) is 3.67. The number of furan rings is 1. The zero-order chi connectivity index (χ0) is 22.4. The highest BCUT2D eigenvalue weighted by molar-refractivity contribution is 14.1. The number of nitrogens with zero attached hydrogens (tertiary/aromatic N) is 1. The van der Waals surface area contributed by atoms with Gasteiger partial charge in [0.1, 0.15) is 29.8 Å². The second-order valence-corrected chi connectivity index (χ2v) is 8.65. The van der Waals surface area contributed by atoms with Crippen molar-refractivity contribution in [2.45, 2.75) is 39.7 Å². The predicted molar refractivity (Wildman–Crippen MR) is 132 cm³/mol. The number of rotatable bonds is 11. The lowest BCUT2D eigenvalue weighted by Gasteiger charge is -2.18. The zero-order valence-electron chi connectivity index (χ0n) is 18.4. The maximum Gasteiger partial charge on any atom is 0.197 e. The van der Waals surface area contributed by atoms with Crippen LogP contribution in [0.15, 0.2) is 46.9 Å². The van der Waals surface area contributed by atoms with Gasteiger partial charge in [0.05, 0.1) is 9.13 Å². The topological polar surface area (TPSA) is 62.9 Å². The average molecular weight is 535 g/mol. The van der Waals surface area contributed by atoms with Crippen LogP contribution in [0.2, 0.25) is 0 Å². The fourth-order valence-corrected chi connectivity index (χ4v) is 4.34. The van der Waals surface area contributed by atoms with Crippen molar-refractivity contribution < 1.29 is 19.1 Å². The molecule has 166 valence electrons. The Kier molecular flexibility index (Phi) is 8.51. The van der Waals surface area contributed by atoms with Crippen molar-refractivity contribution in [3.05, 3.63) is 62.9 Å². The van der Waals surface area contributed by atoms with E-state index in [1.54, 1.807) is 6.07 Å². The molecule has 0 amide bonds. The highest BCUT2D eigenvalue weighted by Gasteiger charge is 2.26. The number of halogens is 1. The first kappa shape index (κ1) is 23.8. The molecule has 0 fully saturated rings. The minimum absolute atomic E-state index is 0.150. The van der Waals surface area contributed by atoms with Crippen molar-refractivity contribution in [2.75, 3.05) is 26.2 Å². The molecule has 0 spiro atoms. The Morgan fingerprint density at radius 2 is 1.90 bits per heavy atom. The summed E-state index contributed by atoms with van der Waals surface area (Å²) in [5.74, 6) is 0.970. The summed E-state index contributed by atoms with van der Waals surface area (Å²) in [7, 11) is 0. The zero-order valence-corrected chi connectivity index (χ0v) is 20.5. The molecule has 1 N–H and O–H groups in total. The summed E-state index contributed by atoms with van der Waals surface area (Å²) < 4.78 is 12.7. The van der Waals surface area contributed by atoms with Crippen LogP contribution in [0.25, 0.3) is 11.0 Å². The van der Waals surface area contributed by atoms with Crippen LogP contribution < -0.4 is 4.74 Å². The van der Waals surface area contributed by atoms with E-state index in [9.17, 15) is 9.90 Å². The largest absolute Gasteiger partial charge is 0.491 e. The molecular weight excluding hydrogens is 505 g/mol. The van der Waals surface area contributed by atoms with Crippen molar-refractivity contribution in [1.82, 2.24) is 4.90 Å². The van der Waals surface area contributed by atoms with E-state index in [0.717, 1.165) is 40.8 Å². The number of hydrogen-bond donors (Lipinski definition) is 1. The second-order valence-electron chi connectivity index (χ2n) is 7.49. The molecule has 31 heavy (non-hydrogen) atoms. The van der Waals surface area contributed by atoms with Crippen LogP contribution in [-0.2, 0) is 0 Å². The molecule has 0 saturated heterocycles. The summed E-state index contributed by atoms with van der Waals surface area (Å²) in [6.45, 7) is 9.73. The minimum atomic E-state index is -0.807. The molecule has 0 radical (unpaired) electrons. The van der Waals surface area contributed by atoms with E-state index < -0.39 is 6.10 Å². The number of carbonyl (C=O) groups is 1. The molecule has 6 heteroatoms. The first-order valence-corrected chi connectivity index (χ1v) is 12.0. The van der Waals surface area contributed by atoms with E-state index in [2.05, 4.69) is 41.3 Å². The number of ketones is 1. The number of hydrogen-bond acceptors (Lipinski definition) is 5. The van der Waals surface area contributed by atoms with Crippen molar-refractivity contribution in [1.29, 1.82) is 0 Å². The van der Waals surface area contributed by atoms with Gasteiger partial charge in [-0.3, -0.25) is 4.79 Å². The van der Waals surface area contributed by atoms with Crippen LogP contribution in [0.3, 0.4) is 0 Å². The van der Waals surface area contributed by atoms with E-state index >= 15 is 0 Å². The summed E-state index contributed by atoms with van der Waals surface area (Å²) in [5, 5.41) is 11.3.